The molecule has 2 aliphatic rings. The minimum atomic E-state index is 0.144. The van der Waals surface area contributed by atoms with E-state index in [-0.39, 0.29) is 16.7 Å². The average Bonchev–Trinajstić information content (AvgIpc) is 3.30. The molecule has 1 aliphatic carbocycles. The Morgan fingerprint density at radius 1 is 0.943 bits per heavy atom. The third-order valence-corrected chi connectivity index (χ3v) is 7.85. The first-order chi connectivity index (χ1) is 16.6. The molecule has 1 saturated heterocycles. The summed E-state index contributed by atoms with van der Waals surface area (Å²) in [5, 5.41) is 0. The summed E-state index contributed by atoms with van der Waals surface area (Å²) in [4.78, 5) is 16.2. The second kappa shape index (κ2) is 8.47. The number of hydrogen-bond acceptors (Lipinski definition) is 3. The molecule has 5 nitrogen and oxygen atoms in total. The van der Waals surface area contributed by atoms with Crippen molar-refractivity contribution < 1.29 is 14.3 Å². The third kappa shape index (κ3) is 4.11. The summed E-state index contributed by atoms with van der Waals surface area (Å²) in [5.74, 6) is 1.48. The number of carbonyl (C=O) groups excluding carboxylic acids is 1. The second-order valence-electron chi connectivity index (χ2n) is 11.4. The van der Waals surface area contributed by atoms with Crippen LogP contribution in [0.15, 0.2) is 54.6 Å². The number of rotatable bonds is 5. The summed E-state index contributed by atoms with van der Waals surface area (Å²) in [6.07, 6.45) is 3.33. The first kappa shape index (κ1) is 23.5. The van der Waals surface area contributed by atoms with Crippen molar-refractivity contribution in [1.82, 2.24) is 9.47 Å². The van der Waals surface area contributed by atoms with E-state index >= 15 is 0 Å². The molecular formula is C30H36N2O3. The zero-order chi connectivity index (χ0) is 25.0. The summed E-state index contributed by atoms with van der Waals surface area (Å²) in [7, 11) is 3.28. The van der Waals surface area contributed by atoms with Crippen molar-refractivity contribution >= 4 is 5.91 Å². The predicted molar refractivity (Wildman–Crippen MR) is 140 cm³/mol. The van der Waals surface area contributed by atoms with Gasteiger partial charge < -0.3 is 18.9 Å². The van der Waals surface area contributed by atoms with Crippen LogP contribution in [0.1, 0.15) is 56.1 Å². The van der Waals surface area contributed by atoms with Crippen LogP contribution in [0.2, 0.25) is 0 Å². The van der Waals surface area contributed by atoms with Crippen LogP contribution < -0.4 is 9.47 Å². The lowest BCUT2D eigenvalue weighted by Crippen LogP contribution is -2.37. The number of carbonyl (C=O) groups is 1. The first-order valence-corrected chi connectivity index (χ1v) is 12.5. The molecule has 2 fully saturated rings. The van der Waals surface area contributed by atoms with Crippen molar-refractivity contribution in [3.05, 3.63) is 65.9 Å². The molecule has 1 aliphatic heterocycles. The Morgan fingerprint density at radius 2 is 1.66 bits per heavy atom. The number of amides is 1. The lowest BCUT2D eigenvalue weighted by molar-refractivity contribution is 0.0707. The topological polar surface area (TPSA) is 43.7 Å². The van der Waals surface area contributed by atoms with Gasteiger partial charge in [0.2, 0.25) is 0 Å². The van der Waals surface area contributed by atoms with E-state index in [2.05, 4.69) is 48.4 Å². The van der Waals surface area contributed by atoms with Gasteiger partial charge in [-0.1, -0.05) is 51.1 Å². The molecule has 1 saturated carbocycles. The van der Waals surface area contributed by atoms with Crippen molar-refractivity contribution in [2.45, 2.75) is 53.0 Å². The van der Waals surface area contributed by atoms with Crippen molar-refractivity contribution in [1.29, 1.82) is 0 Å². The predicted octanol–water partition coefficient (Wildman–Crippen LogP) is 6.51. The molecule has 3 aromatic rings. The average molecular weight is 473 g/mol. The zero-order valence-electron chi connectivity index (χ0n) is 21.7. The highest BCUT2D eigenvalue weighted by Gasteiger charge is 2.51. The van der Waals surface area contributed by atoms with Gasteiger partial charge >= 0.3 is 0 Å². The molecule has 2 aromatic carbocycles. The first-order valence-electron chi connectivity index (χ1n) is 12.5. The number of aromatic nitrogens is 1. The Balaban J connectivity index is 1.61. The van der Waals surface area contributed by atoms with Gasteiger partial charge in [-0.25, -0.2) is 0 Å². The number of ether oxygens (including phenoxy) is 2. The van der Waals surface area contributed by atoms with Crippen molar-refractivity contribution in [2.75, 3.05) is 20.8 Å². The van der Waals surface area contributed by atoms with Gasteiger partial charge in [0.15, 0.2) is 11.5 Å². The van der Waals surface area contributed by atoms with E-state index in [4.69, 9.17) is 9.47 Å². The van der Waals surface area contributed by atoms with E-state index in [1.54, 1.807) is 14.2 Å². The van der Waals surface area contributed by atoms with Crippen LogP contribution in [-0.4, -0.2) is 42.2 Å². The van der Waals surface area contributed by atoms with E-state index in [9.17, 15) is 4.79 Å². The molecule has 2 bridgehead atoms. The molecule has 0 N–H and O–H groups in total. The lowest BCUT2D eigenvalue weighted by atomic mass is 9.65. The number of fused-ring (bicyclic) bond motifs is 2. The second-order valence-corrected chi connectivity index (χ2v) is 11.4. The number of nitrogens with zero attached hydrogens (tertiary/aromatic N) is 2. The summed E-state index contributed by atoms with van der Waals surface area (Å²) >= 11 is 0. The van der Waals surface area contributed by atoms with Gasteiger partial charge in [-0.3, -0.25) is 4.79 Å². The lowest BCUT2D eigenvalue weighted by Gasteiger charge is -2.39. The van der Waals surface area contributed by atoms with Gasteiger partial charge in [0.25, 0.3) is 5.91 Å². The molecule has 35 heavy (non-hydrogen) atoms. The fourth-order valence-corrected chi connectivity index (χ4v) is 6.79. The molecule has 0 radical (unpaired) electrons. The maximum absolute atomic E-state index is 14.1. The van der Waals surface area contributed by atoms with Crippen LogP contribution in [0, 0.1) is 17.8 Å². The van der Waals surface area contributed by atoms with Gasteiger partial charge in [-0.05, 0) is 60.8 Å². The van der Waals surface area contributed by atoms with Crippen LogP contribution in [0.5, 0.6) is 11.5 Å². The zero-order valence-corrected chi connectivity index (χ0v) is 21.7. The fraction of sp³-hybridized carbons (Fsp3) is 0.433. The van der Waals surface area contributed by atoms with Gasteiger partial charge in [0.1, 0.15) is 0 Å². The summed E-state index contributed by atoms with van der Waals surface area (Å²) in [6, 6.07) is 18.5. The highest BCUT2D eigenvalue weighted by molar-refractivity contribution is 5.98. The maximum atomic E-state index is 14.1. The van der Waals surface area contributed by atoms with Crippen LogP contribution in [0.25, 0.3) is 16.9 Å². The summed E-state index contributed by atoms with van der Waals surface area (Å²) in [5.41, 5.74) is 5.17. The highest BCUT2D eigenvalue weighted by Crippen LogP contribution is 2.53. The van der Waals surface area contributed by atoms with Crippen LogP contribution >= 0.6 is 0 Å². The Bertz CT molecular complexity index is 1260. The highest BCUT2D eigenvalue weighted by atomic mass is 16.5. The summed E-state index contributed by atoms with van der Waals surface area (Å²) in [6.45, 7) is 9.92. The fourth-order valence-electron chi connectivity index (χ4n) is 6.79. The number of hydrogen-bond donors (Lipinski definition) is 0. The van der Waals surface area contributed by atoms with Crippen LogP contribution in [0.4, 0.5) is 0 Å². The van der Waals surface area contributed by atoms with Gasteiger partial charge in [-0.2, -0.15) is 0 Å². The molecule has 5 heteroatoms. The monoisotopic (exact) mass is 472 g/mol. The van der Waals surface area contributed by atoms with E-state index in [1.165, 1.54) is 6.42 Å². The van der Waals surface area contributed by atoms with Crippen molar-refractivity contribution in [2.24, 2.45) is 10.8 Å². The van der Waals surface area contributed by atoms with Gasteiger partial charge in [0.05, 0.1) is 25.5 Å². The minimum Gasteiger partial charge on any atom is -0.493 e. The van der Waals surface area contributed by atoms with Gasteiger partial charge in [-0.15, -0.1) is 0 Å². The molecule has 5 rings (SSSR count). The quantitative estimate of drug-likeness (QED) is 0.425. The van der Waals surface area contributed by atoms with Gasteiger partial charge in [0, 0.05) is 30.0 Å². The molecule has 2 atom stereocenters. The Hall–Kier alpha value is -3.21. The third-order valence-electron chi connectivity index (χ3n) is 7.85. The van der Waals surface area contributed by atoms with E-state index in [0.717, 1.165) is 47.6 Å². The molecule has 2 unspecified atom stereocenters. The molecule has 1 amide bonds. The maximum Gasteiger partial charge on any atom is 0.255 e. The summed E-state index contributed by atoms with van der Waals surface area (Å²) < 4.78 is 13.2. The number of benzene rings is 2. The molecule has 2 heterocycles. The molecule has 184 valence electrons. The Labute approximate surface area is 208 Å². The van der Waals surface area contributed by atoms with Crippen molar-refractivity contribution in [3.8, 4) is 28.4 Å². The van der Waals surface area contributed by atoms with E-state index in [1.807, 2.05) is 43.3 Å². The van der Waals surface area contributed by atoms with Crippen LogP contribution in [-0.2, 0) is 0 Å². The standard InChI is InChI=1S/C30H36N2O3/c1-20-24(28(33)31-19-30(4)17-23(31)16-29(2,3)18-30)15-25(21-10-8-7-9-11-21)32(20)22-12-13-26(34-5)27(14-22)35-6/h7-15,23H,16-19H2,1-6H3. The normalized spacial score (nSPS) is 22.8. The van der Waals surface area contributed by atoms with Crippen molar-refractivity contribution in [3.63, 3.8) is 0 Å². The van der Waals surface area contributed by atoms with Crippen LogP contribution in [0.3, 0.4) is 0 Å². The number of methoxy groups -OCH3 is 2. The number of likely N-dealkylation sites (tertiary alicyclic amines) is 1. The molecule has 1 aromatic heterocycles. The minimum absolute atomic E-state index is 0.144. The Kier molecular flexibility index (Phi) is 5.70. The Morgan fingerprint density at radius 3 is 2.34 bits per heavy atom. The SMILES string of the molecule is COc1ccc(-n2c(-c3ccccc3)cc(C(=O)N3CC4(C)CC3CC(C)(C)C4)c2C)cc1OC. The molecular weight excluding hydrogens is 436 g/mol. The smallest absolute Gasteiger partial charge is 0.255 e. The van der Waals surface area contributed by atoms with E-state index in [0.29, 0.717) is 17.5 Å². The van der Waals surface area contributed by atoms with E-state index < -0.39 is 0 Å². The molecule has 0 spiro atoms. The largest absolute Gasteiger partial charge is 0.493 e.